The van der Waals surface area contributed by atoms with Crippen LogP contribution in [0.5, 0.6) is 0 Å². The van der Waals surface area contributed by atoms with Crippen LogP contribution in [-0.2, 0) is 84.2 Å². The van der Waals surface area contributed by atoms with E-state index in [-0.39, 0.29) is 103 Å². The van der Waals surface area contributed by atoms with E-state index in [4.69, 9.17) is 23.7 Å². The highest BCUT2D eigenvalue weighted by Crippen LogP contribution is 2.40. The number of ether oxygens (including phenoxy) is 5. The third-order valence-corrected chi connectivity index (χ3v) is 17.1. The molecule has 424 valence electrons. The molecule has 0 fully saturated rings. The molecule has 0 radical (unpaired) electrons. The van der Waals surface area contributed by atoms with E-state index in [1.807, 2.05) is 126 Å². The number of fused-ring (bicyclic) bond motifs is 1. The zero-order chi connectivity index (χ0) is 56.5. The summed E-state index contributed by atoms with van der Waals surface area (Å²) >= 11 is 0. The third-order valence-electron chi connectivity index (χ3n) is 12.5. The first-order chi connectivity index (χ1) is 38.2. The van der Waals surface area contributed by atoms with Gasteiger partial charge in [0, 0.05) is 25.8 Å². The molecule has 79 heavy (non-hydrogen) atoms. The van der Waals surface area contributed by atoms with Crippen LogP contribution in [0.1, 0.15) is 49.9 Å². The summed E-state index contributed by atoms with van der Waals surface area (Å²) in [4.78, 5) is 80.5. The molecule has 2 aromatic heterocycles. The number of carbonyl (C=O) groups is 4. The van der Waals surface area contributed by atoms with E-state index in [1.54, 1.807) is 32.3 Å². The molecule has 0 saturated heterocycles. The molecule has 6 aromatic rings. The SMILES string of the molecule is CCOC(=O)[C@H](Cc1ccccc1)NP(=O)(CCOCN(CCn1cnc2c(=O)[nH]cnc21)CCP(=O)(N[C@@H](Cc1ccccc1)C(=O)OCC)N[C@@H](Cc1ccccc1)C(=O)OCC)N[C@@H](Cc1ccccc1)C(=O)OCC. The lowest BCUT2D eigenvalue weighted by Crippen LogP contribution is -2.47. The first-order valence-electron chi connectivity index (χ1n) is 26.5. The highest BCUT2D eigenvalue weighted by atomic mass is 31.2. The molecule has 0 spiro atoms. The Bertz CT molecular complexity index is 2850. The molecule has 0 bridgehead atoms. The monoisotopic (exact) mass is 1130 g/mol. The predicted octanol–water partition coefficient (Wildman–Crippen LogP) is 5.84. The molecule has 0 aliphatic heterocycles. The van der Waals surface area contributed by atoms with Crippen LogP contribution in [0.25, 0.3) is 11.2 Å². The number of nitrogens with one attached hydrogen (secondary N) is 5. The van der Waals surface area contributed by atoms with Crippen LogP contribution >= 0.6 is 14.9 Å². The van der Waals surface area contributed by atoms with Gasteiger partial charge in [0.1, 0.15) is 24.2 Å². The fraction of sp³-hybridized carbons (Fsp3) is 0.411. The number of hydrogen-bond donors (Lipinski definition) is 5. The maximum atomic E-state index is 15.8. The molecule has 6 rings (SSSR count). The Kier molecular flexibility index (Phi) is 24.8. The second-order valence-corrected chi connectivity index (χ2v) is 23.3. The average molecular weight is 1130 g/mol. The molecule has 5 N–H and O–H groups in total. The first kappa shape index (κ1) is 61.5. The highest BCUT2D eigenvalue weighted by Gasteiger charge is 2.38. The molecule has 0 amide bonds. The Morgan fingerprint density at radius 3 is 1.28 bits per heavy atom. The molecule has 4 atom stereocenters. The van der Waals surface area contributed by atoms with Crippen molar-refractivity contribution < 1.29 is 52.0 Å². The number of nitrogens with zero attached hydrogens (tertiary/aromatic N) is 4. The van der Waals surface area contributed by atoms with Crippen LogP contribution in [0, 0.1) is 0 Å². The summed E-state index contributed by atoms with van der Waals surface area (Å²) in [6.07, 6.45) is 2.77. The third kappa shape index (κ3) is 19.9. The van der Waals surface area contributed by atoms with Crippen molar-refractivity contribution in [3.05, 3.63) is 167 Å². The molecule has 0 aliphatic carbocycles. The second-order valence-electron chi connectivity index (χ2n) is 18.4. The topological polar surface area (TPSA) is 263 Å². The zero-order valence-electron chi connectivity index (χ0n) is 45.2. The van der Waals surface area contributed by atoms with Crippen molar-refractivity contribution >= 4 is 49.9 Å². The van der Waals surface area contributed by atoms with E-state index in [0.717, 1.165) is 22.3 Å². The number of carbonyl (C=O) groups excluding carboxylic acids is 4. The first-order valence-corrected chi connectivity index (χ1v) is 30.3. The van der Waals surface area contributed by atoms with Crippen molar-refractivity contribution in [3.63, 3.8) is 0 Å². The smallest absolute Gasteiger partial charge is 0.323 e. The van der Waals surface area contributed by atoms with Gasteiger partial charge in [0.15, 0.2) is 11.2 Å². The van der Waals surface area contributed by atoms with Gasteiger partial charge < -0.3 is 33.2 Å². The highest BCUT2D eigenvalue weighted by molar-refractivity contribution is 7.60. The van der Waals surface area contributed by atoms with E-state index in [2.05, 4.69) is 35.3 Å². The van der Waals surface area contributed by atoms with Crippen LogP contribution < -0.4 is 25.9 Å². The molecule has 4 aromatic carbocycles. The fourth-order valence-corrected chi connectivity index (χ4v) is 13.1. The van der Waals surface area contributed by atoms with Gasteiger partial charge in [-0.1, -0.05) is 121 Å². The van der Waals surface area contributed by atoms with Crippen molar-refractivity contribution in [2.24, 2.45) is 0 Å². The maximum absolute atomic E-state index is 15.8. The summed E-state index contributed by atoms with van der Waals surface area (Å²) in [6.45, 7) is 7.01. The molecular weight excluding hydrogens is 1050 g/mol. The molecule has 21 nitrogen and oxygen atoms in total. The van der Waals surface area contributed by atoms with Crippen LogP contribution in [0.2, 0.25) is 0 Å². The number of rotatable bonds is 35. The van der Waals surface area contributed by atoms with Gasteiger partial charge in [-0.25, -0.2) is 30.3 Å². The number of H-pyrrole nitrogens is 1. The van der Waals surface area contributed by atoms with Gasteiger partial charge in [0.25, 0.3) is 5.56 Å². The maximum Gasteiger partial charge on any atom is 0.323 e. The van der Waals surface area contributed by atoms with Crippen LogP contribution in [0.15, 0.2) is 139 Å². The van der Waals surface area contributed by atoms with Gasteiger partial charge in [-0.05, 0) is 75.6 Å². The standard InChI is InChI=1S/C56H73N9O12P2/c1-5-74-53(67)46(35-42-21-13-9-14-22-42)60-78(71,61-47(54(68)75-6-2)36-43-23-15-10-16-24-43)33-31-64(29-30-65-40-59-50-51(65)57-39-58-52(50)66)41-73-32-34-79(72,62-48(55(69)76-7-3)37-44-25-17-11-18-26-44)63-49(56(70)77-8-4)38-45-27-19-12-20-28-45/h9-28,39-40,46-49H,5-8,29-38,41H2,1-4H3,(H,57,58,66)(H2,60,61,71)(H2,62,63,72)/t46-,47-,48-,49-/m0/s1. The minimum absolute atomic E-state index is 0.0118. The second kappa shape index (κ2) is 31.8. The Labute approximate surface area is 460 Å². The van der Waals surface area contributed by atoms with Crippen molar-refractivity contribution in [1.29, 1.82) is 0 Å². The van der Waals surface area contributed by atoms with Crippen LogP contribution in [0.4, 0.5) is 0 Å². The Balaban J connectivity index is 1.32. The molecule has 23 heteroatoms. The quantitative estimate of drug-likeness (QED) is 0.0103. The van der Waals surface area contributed by atoms with Gasteiger partial charge in [-0.15, -0.1) is 0 Å². The van der Waals surface area contributed by atoms with Crippen molar-refractivity contribution in [2.45, 2.75) is 84.1 Å². The van der Waals surface area contributed by atoms with Gasteiger partial charge in [-0.2, -0.15) is 0 Å². The lowest BCUT2D eigenvalue weighted by molar-refractivity contribution is -0.146. The number of aromatic amines is 1. The van der Waals surface area contributed by atoms with E-state index in [0.29, 0.717) is 5.65 Å². The van der Waals surface area contributed by atoms with Crippen LogP contribution in [-0.4, -0.2) is 138 Å². The predicted molar refractivity (Wildman–Crippen MR) is 300 cm³/mol. The Hall–Kier alpha value is -6.67. The largest absolute Gasteiger partial charge is 0.465 e. The number of esters is 4. The fourth-order valence-electron chi connectivity index (χ4n) is 8.65. The van der Waals surface area contributed by atoms with E-state index >= 15 is 9.13 Å². The van der Waals surface area contributed by atoms with Gasteiger partial charge in [0.05, 0.1) is 58.6 Å². The number of aromatic nitrogens is 4. The number of benzene rings is 4. The summed E-state index contributed by atoms with van der Waals surface area (Å²) < 4.78 is 61.4. The van der Waals surface area contributed by atoms with Crippen molar-refractivity contribution in [3.8, 4) is 0 Å². The molecule has 2 heterocycles. The molecular formula is C56H73N9O12P2. The van der Waals surface area contributed by atoms with Crippen LogP contribution in [0.3, 0.4) is 0 Å². The lowest BCUT2D eigenvalue weighted by atomic mass is 10.1. The van der Waals surface area contributed by atoms with Crippen molar-refractivity contribution in [2.75, 3.05) is 65.2 Å². The summed E-state index contributed by atoms with van der Waals surface area (Å²) in [5.74, 6) is -2.58. The molecule has 0 unspecified atom stereocenters. The van der Waals surface area contributed by atoms with Crippen molar-refractivity contribution in [1.82, 2.24) is 44.8 Å². The molecule has 0 aliphatic rings. The molecule has 0 saturated carbocycles. The van der Waals surface area contributed by atoms with E-state index in [1.165, 1.54) is 12.7 Å². The summed E-state index contributed by atoms with van der Waals surface area (Å²) in [7, 11) is -8.08. The van der Waals surface area contributed by atoms with Gasteiger partial charge in [-0.3, -0.25) is 38.0 Å². The van der Waals surface area contributed by atoms with E-state index < -0.39 is 68.5 Å². The Morgan fingerprint density at radius 2 is 0.911 bits per heavy atom. The summed E-state index contributed by atoms with van der Waals surface area (Å²) in [5, 5.41) is 12.4. The summed E-state index contributed by atoms with van der Waals surface area (Å²) in [5.41, 5.74) is 3.11. The Morgan fingerprint density at radius 1 is 0.544 bits per heavy atom. The van der Waals surface area contributed by atoms with E-state index in [9.17, 15) is 24.0 Å². The number of imidazole rings is 1. The average Bonchev–Trinajstić information content (AvgIpc) is 3.92. The minimum Gasteiger partial charge on any atom is -0.465 e. The lowest BCUT2D eigenvalue weighted by Gasteiger charge is -2.31. The zero-order valence-corrected chi connectivity index (χ0v) is 47.0. The van der Waals surface area contributed by atoms with Gasteiger partial charge in [0.2, 0.25) is 14.9 Å². The minimum atomic E-state index is -4.06. The normalized spacial score (nSPS) is 13.3. The van der Waals surface area contributed by atoms with Gasteiger partial charge >= 0.3 is 23.9 Å². The number of hydrogen-bond acceptors (Lipinski definition) is 15. The summed E-state index contributed by atoms with van der Waals surface area (Å²) in [6, 6.07) is 32.3.